The van der Waals surface area contributed by atoms with Gasteiger partial charge in [-0.1, -0.05) is 29.3 Å². The largest absolute Gasteiger partial charge is 0.437 e. The van der Waals surface area contributed by atoms with Gasteiger partial charge in [-0.3, -0.25) is 0 Å². The van der Waals surface area contributed by atoms with Crippen LogP contribution in [0.5, 0.6) is 11.6 Å². The molecule has 0 bridgehead atoms. The molecule has 1 aromatic heterocycles. The minimum absolute atomic E-state index is 0.254. The lowest BCUT2D eigenvalue weighted by Crippen LogP contribution is -2.09. The third-order valence-corrected chi connectivity index (χ3v) is 3.00. The van der Waals surface area contributed by atoms with E-state index in [-0.39, 0.29) is 5.88 Å². The number of rotatable bonds is 3. The van der Waals surface area contributed by atoms with E-state index in [1.165, 1.54) is 6.07 Å². The number of pyridine rings is 1. The summed E-state index contributed by atoms with van der Waals surface area (Å²) in [5.74, 6) is 6.54. The Morgan fingerprint density at radius 1 is 1.05 bits per heavy atom. The Kier molecular flexibility index (Phi) is 4.14. The predicted molar refractivity (Wildman–Crippen MR) is 78.1 cm³/mol. The van der Waals surface area contributed by atoms with E-state index in [1.807, 2.05) is 26.0 Å². The van der Waals surface area contributed by atoms with Crippen LogP contribution in [0.15, 0.2) is 24.3 Å². The van der Waals surface area contributed by atoms with Gasteiger partial charge in [0, 0.05) is 0 Å². The first-order valence-corrected chi connectivity index (χ1v) is 6.34. The molecule has 0 fully saturated rings. The average Bonchev–Trinajstić information content (AvgIpc) is 2.31. The molecule has 0 unspecified atom stereocenters. The van der Waals surface area contributed by atoms with Crippen LogP contribution in [0.25, 0.3) is 0 Å². The van der Waals surface area contributed by atoms with Gasteiger partial charge in [0.25, 0.3) is 0 Å². The third kappa shape index (κ3) is 3.29. The molecule has 0 amide bonds. The van der Waals surface area contributed by atoms with E-state index in [2.05, 4.69) is 16.5 Å². The second-order valence-electron chi connectivity index (χ2n) is 4.18. The smallest absolute Gasteiger partial charge is 0.240 e. The molecule has 2 aromatic rings. The molecule has 0 spiro atoms. The summed E-state index contributed by atoms with van der Waals surface area (Å²) < 4.78 is 5.67. The SMILES string of the molecule is Cc1cc(C)cc(Oc2nc(NN)c(Cl)cc2Cl)c1. The van der Waals surface area contributed by atoms with Gasteiger partial charge in [0.15, 0.2) is 5.82 Å². The second kappa shape index (κ2) is 5.65. The molecule has 4 nitrogen and oxygen atoms in total. The van der Waals surface area contributed by atoms with Gasteiger partial charge in [-0.15, -0.1) is 0 Å². The first-order chi connectivity index (χ1) is 8.99. The number of nitrogens with two attached hydrogens (primary N) is 1. The molecular formula is C13H13Cl2N3O. The zero-order valence-electron chi connectivity index (χ0n) is 10.5. The van der Waals surface area contributed by atoms with Crippen molar-refractivity contribution in [3.63, 3.8) is 0 Å². The highest BCUT2D eigenvalue weighted by Gasteiger charge is 2.11. The normalized spacial score (nSPS) is 10.4. The van der Waals surface area contributed by atoms with Crippen molar-refractivity contribution in [1.29, 1.82) is 0 Å². The molecular weight excluding hydrogens is 285 g/mol. The maximum atomic E-state index is 6.05. The zero-order valence-corrected chi connectivity index (χ0v) is 12.0. The Balaban J connectivity index is 2.37. The van der Waals surface area contributed by atoms with Gasteiger partial charge in [-0.05, 0) is 43.2 Å². The molecule has 2 rings (SSSR count). The Morgan fingerprint density at radius 3 is 2.26 bits per heavy atom. The number of hydrogen-bond acceptors (Lipinski definition) is 4. The first-order valence-electron chi connectivity index (χ1n) is 5.58. The number of hydrazine groups is 1. The maximum Gasteiger partial charge on any atom is 0.240 e. The predicted octanol–water partition coefficient (Wildman–Crippen LogP) is 4.08. The van der Waals surface area contributed by atoms with E-state index in [1.54, 1.807) is 0 Å². The van der Waals surface area contributed by atoms with E-state index in [0.29, 0.717) is 21.6 Å². The van der Waals surface area contributed by atoms with Gasteiger partial charge in [-0.2, -0.15) is 4.98 Å². The fraction of sp³-hybridized carbons (Fsp3) is 0.154. The standard InChI is InChI=1S/C13H13Cl2N3O/c1-7-3-8(2)5-9(4-7)19-13-11(15)6-10(14)12(17-13)18-16/h3-6H,16H2,1-2H3,(H,17,18). The van der Waals surface area contributed by atoms with Crippen LogP contribution in [0.2, 0.25) is 10.0 Å². The average molecular weight is 298 g/mol. The van der Waals surface area contributed by atoms with Crippen molar-refractivity contribution in [1.82, 2.24) is 4.98 Å². The minimum atomic E-state index is 0.254. The van der Waals surface area contributed by atoms with Crippen molar-refractivity contribution in [3.8, 4) is 11.6 Å². The van der Waals surface area contributed by atoms with Crippen LogP contribution >= 0.6 is 23.2 Å². The van der Waals surface area contributed by atoms with Crippen LogP contribution in [-0.4, -0.2) is 4.98 Å². The number of benzene rings is 1. The van der Waals surface area contributed by atoms with Crippen LogP contribution < -0.4 is 16.0 Å². The van der Waals surface area contributed by atoms with Crippen LogP contribution in [0.3, 0.4) is 0 Å². The molecule has 6 heteroatoms. The highest BCUT2D eigenvalue weighted by molar-refractivity contribution is 6.36. The van der Waals surface area contributed by atoms with Crippen LogP contribution in [0.1, 0.15) is 11.1 Å². The van der Waals surface area contributed by atoms with E-state index >= 15 is 0 Å². The van der Waals surface area contributed by atoms with Gasteiger partial charge in [0.2, 0.25) is 5.88 Å². The topological polar surface area (TPSA) is 60.2 Å². The van der Waals surface area contributed by atoms with Crippen molar-refractivity contribution in [2.45, 2.75) is 13.8 Å². The van der Waals surface area contributed by atoms with Crippen molar-refractivity contribution < 1.29 is 4.74 Å². The van der Waals surface area contributed by atoms with Crippen LogP contribution in [-0.2, 0) is 0 Å². The lowest BCUT2D eigenvalue weighted by atomic mass is 10.1. The zero-order chi connectivity index (χ0) is 14.0. The number of nitrogens with zero attached hydrogens (tertiary/aromatic N) is 1. The van der Waals surface area contributed by atoms with E-state index in [0.717, 1.165) is 11.1 Å². The van der Waals surface area contributed by atoms with E-state index in [4.69, 9.17) is 33.8 Å². The summed E-state index contributed by atoms with van der Waals surface area (Å²) >= 11 is 12.0. The summed E-state index contributed by atoms with van der Waals surface area (Å²) in [5, 5.41) is 0.656. The number of nitrogens with one attached hydrogen (secondary N) is 1. The Hall–Kier alpha value is -1.49. The number of nitrogen functional groups attached to an aromatic ring is 1. The number of halogens is 2. The third-order valence-electron chi connectivity index (χ3n) is 2.44. The van der Waals surface area contributed by atoms with Crippen molar-refractivity contribution in [2.24, 2.45) is 5.84 Å². The highest BCUT2D eigenvalue weighted by Crippen LogP contribution is 2.33. The molecule has 100 valence electrons. The molecule has 19 heavy (non-hydrogen) atoms. The first kappa shape index (κ1) is 13.9. The number of ether oxygens (including phenoxy) is 1. The molecule has 0 radical (unpaired) electrons. The highest BCUT2D eigenvalue weighted by atomic mass is 35.5. The molecule has 0 aliphatic carbocycles. The fourth-order valence-electron chi connectivity index (χ4n) is 1.73. The second-order valence-corrected chi connectivity index (χ2v) is 4.99. The summed E-state index contributed by atoms with van der Waals surface area (Å²) in [6.45, 7) is 3.98. The minimum Gasteiger partial charge on any atom is -0.437 e. The van der Waals surface area contributed by atoms with Crippen molar-refractivity contribution >= 4 is 29.0 Å². The molecule has 0 saturated carbocycles. The van der Waals surface area contributed by atoms with E-state index in [9.17, 15) is 0 Å². The Labute approximate surface area is 121 Å². The van der Waals surface area contributed by atoms with Gasteiger partial charge >= 0.3 is 0 Å². The maximum absolute atomic E-state index is 6.05. The van der Waals surface area contributed by atoms with Crippen LogP contribution in [0.4, 0.5) is 5.82 Å². The van der Waals surface area contributed by atoms with Crippen LogP contribution in [0, 0.1) is 13.8 Å². The van der Waals surface area contributed by atoms with Gasteiger partial charge in [-0.25, -0.2) is 5.84 Å². The lowest BCUT2D eigenvalue weighted by molar-refractivity contribution is 0.463. The summed E-state index contributed by atoms with van der Waals surface area (Å²) in [6, 6.07) is 7.38. The number of aryl methyl sites for hydroxylation is 2. The molecule has 1 heterocycles. The monoisotopic (exact) mass is 297 g/mol. The summed E-state index contributed by atoms with van der Waals surface area (Å²) in [6.07, 6.45) is 0. The van der Waals surface area contributed by atoms with Crippen molar-refractivity contribution in [3.05, 3.63) is 45.4 Å². The molecule has 1 aromatic carbocycles. The number of aromatic nitrogens is 1. The summed E-state index contributed by atoms with van der Waals surface area (Å²) in [5.41, 5.74) is 4.58. The molecule has 0 aliphatic heterocycles. The summed E-state index contributed by atoms with van der Waals surface area (Å²) in [4.78, 5) is 4.12. The van der Waals surface area contributed by atoms with Gasteiger partial charge in [0.05, 0.1) is 5.02 Å². The molecule has 0 atom stereocenters. The fourth-order valence-corrected chi connectivity index (χ4v) is 2.18. The molecule has 0 aliphatic rings. The molecule has 0 saturated heterocycles. The quantitative estimate of drug-likeness (QED) is 0.662. The Morgan fingerprint density at radius 2 is 1.68 bits per heavy atom. The van der Waals surface area contributed by atoms with Gasteiger partial charge in [0.1, 0.15) is 10.8 Å². The summed E-state index contributed by atoms with van der Waals surface area (Å²) in [7, 11) is 0. The lowest BCUT2D eigenvalue weighted by Gasteiger charge is -2.10. The Bertz CT molecular complexity index is 597. The molecule has 3 N–H and O–H groups in total. The van der Waals surface area contributed by atoms with E-state index < -0.39 is 0 Å². The van der Waals surface area contributed by atoms with Gasteiger partial charge < -0.3 is 10.2 Å². The number of hydrogen-bond donors (Lipinski definition) is 2. The van der Waals surface area contributed by atoms with Crippen molar-refractivity contribution in [2.75, 3.05) is 5.43 Å². The number of anilines is 1.